The Bertz CT molecular complexity index is 305. The molecule has 0 saturated carbocycles. The molecule has 0 aliphatic rings. The molecule has 1 aromatic rings. The van der Waals surface area contributed by atoms with Crippen LogP contribution in [0.25, 0.3) is 0 Å². The number of para-hydroxylation sites is 1. The third-order valence-electron chi connectivity index (χ3n) is 2.59. The van der Waals surface area contributed by atoms with Gasteiger partial charge in [-0.2, -0.15) is 0 Å². The molecule has 0 aromatic heterocycles. The van der Waals surface area contributed by atoms with Crippen LogP contribution in [0.4, 0.5) is 5.69 Å². The highest BCUT2D eigenvalue weighted by Crippen LogP contribution is 2.31. The van der Waals surface area contributed by atoms with E-state index < -0.39 is 0 Å². The predicted molar refractivity (Wildman–Crippen MR) is 79.1 cm³/mol. The van der Waals surface area contributed by atoms with Gasteiger partial charge in [-0.15, -0.1) is 0 Å². The first-order chi connectivity index (χ1) is 7.65. The van der Waals surface area contributed by atoms with E-state index in [1.807, 2.05) is 6.07 Å². The van der Waals surface area contributed by atoms with Gasteiger partial charge in [-0.05, 0) is 57.3 Å². The second kappa shape index (κ2) is 7.33. The molecule has 0 heterocycles. The maximum absolute atomic E-state index is 3.56. The predicted octanol–water partition coefficient (Wildman–Crippen LogP) is 5.59. The summed E-state index contributed by atoms with van der Waals surface area (Å²) in [5, 5.41) is 3.54. The van der Waals surface area contributed by atoms with Crippen molar-refractivity contribution in [3.05, 3.63) is 27.1 Å². The zero-order valence-electron chi connectivity index (χ0n) is 9.89. The van der Waals surface area contributed by atoms with Crippen molar-refractivity contribution in [3.63, 3.8) is 0 Å². The maximum atomic E-state index is 3.56. The molecule has 0 spiro atoms. The number of anilines is 1. The van der Waals surface area contributed by atoms with Crippen LogP contribution >= 0.6 is 31.9 Å². The van der Waals surface area contributed by atoms with E-state index in [0.29, 0.717) is 6.04 Å². The lowest BCUT2D eigenvalue weighted by molar-refractivity contribution is 0.615. The fourth-order valence-corrected chi connectivity index (χ4v) is 2.88. The first-order valence-electron chi connectivity index (χ1n) is 5.85. The largest absolute Gasteiger partial charge is 0.381 e. The molecular weight excluding hydrogens is 330 g/mol. The summed E-state index contributed by atoms with van der Waals surface area (Å²) in [6, 6.07) is 6.67. The van der Waals surface area contributed by atoms with Crippen molar-refractivity contribution >= 4 is 37.5 Å². The summed E-state index contributed by atoms with van der Waals surface area (Å²) in [5.41, 5.74) is 1.16. The van der Waals surface area contributed by atoms with Gasteiger partial charge in [0.15, 0.2) is 0 Å². The SMILES string of the molecule is CCCCCC(C)Nc1c(Br)cccc1Br. The number of unbranched alkanes of at least 4 members (excludes halogenated alkanes) is 2. The summed E-state index contributed by atoms with van der Waals surface area (Å²) in [6.45, 7) is 4.48. The minimum atomic E-state index is 0.515. The Kier molecular flexibility index (Phi) is 6.44. The summed E-state index contributed by atoms with van der Waals surface area (Å²) < 4.78 is 2.23. The van der Waals surface area contributed by atoms with E-state index in [1.54, 1.807) is 0 Å². The molecule has 0 amide bonds. The Morgan fingerprint density at radius 2 is 1.81 bits per heavy atom. The van der Waals surface area contributed by atoms with E-state index in [0.717, 1.165) is 14.6 Å². The van der Waals surface area contributed by atoms with Crippen LogP contribution in [-0.4, -0.2) is 6.04 Å². The average Bonchev–Trinajstić information content (AvgIpc) is 2.24. The van der Waals surface area contributed by atoms with Crippen molar-refractivity contribution in [2.45, 2.75) is 45.6 Å². The zero-order valence-corrected chi connectivity index (χ0v) is 13.1. The second-order valence-corrected chi connectivity index (χ2v) is 5.85. The Labute approximate surface area is 115 Å². The van der Waals surface area contributed by atoms with E-state index in [4.69, 9.17) is 0 Å². The monoisotopic (exact) mass is 347 g/mol. The summed E-state index contributed by atoms with van der Waals surface area (Å²) in [5.74, 6) is 0. The van der Waals surface area contributed by atoms with Gasteiger partial charge in [0, 0.05) is 15.0 Å². The lowest BCUT2D eigenvalue weighted by atomic mass is 10.1. The first-order valence-corrected chi connectivity index (χ1v) is 7.44. The number of hydrogen-bond acceptors (Lipinski definition) is 1. The third kappa shape index (κ3) is 4.46. The Hall–Kier alpha value is -0.0200. The Balaban J connectivity index is 2.52. The molecule has 1 atom stereocenters. The van der Waals surface area contributed by atoms with Crippen LogP contribution in [0.2, 0.25) is 0 Å². The topological polar surface area (TPSA) is 12.0 Å². The second-order valence-electron chi connectivity index (χ2n) is 4.14. The lowest BCUT2D eigenvalue weighted by Gasteiger charge is -2.17. The molecule has 1 nitrogen and oxygen atoms in total. The lowest BCUT2D eigenvalue weighted by Crippen LogP contribution is -2.15. The normalized spacial score (nSPS) is 12.5. The summed E-state index contributed by atoms with van der Waals surface area (Å²) in [6.07, 6.45) is 5.13. The van der Waals surface area contributed by atoms with Crippen LogP contribution in [0.15, 0.2) is 27.1 Å². The van der Waals surface area contributed by atoms with Gasteiger partial charge in [0.25, 0.3) is 0 Å². The van der Waals surface area contributed by atoms with Gasteiger partial charge >= 0.3 is 0 Å². The highest BCUT2D eigenvalue weighted by Gasteiger charge is 2.07. The van der Waals surface area contributed by atoms with Gasteiger partial charge in [0.2, 0.25) is 0 Å². The molecule has 0 saturated heterocycles. The van der Waals surface area contributed by atoms with Gasteiger partial charge in [-0.1, -0.05) is 32.3 Å². The molecule has 1 rings (SSSR count). The van der Waals surface area contributed by atoms with Crippen LogP contribution in [0.1, 0.15) is 39.5 Å². The van der Waals surface area contributed by atoms with Crippen molar-refractivity contribution in [2.24, 2.45) is 0 Å². The van der Waals surface area contributed by atoms with Gasteiger partial charge < -0.3 is 5.32 Å². The summed E-state index contributed by atoms with van der Waals surface area (Å²) >= 11 is 7.13. The molecule has 0 bridgehead atoms. The van der Waals surface area contributed by atoms with E-state index in [2.05, 4.69) is 63.2 Å². The Morgan fingerprint density at radius 3 is 2.38 bits per heavy atom. The average molecular weight is 349 g/mol. The number of halogens is 2. The number of rotatable bonds is 6. The van der Waals surface area contributed by atoms with Crippen molar-refractivity contribution in [2.75, 3.05) is 5.32 Å². The van der Waals surface area contributed by atoms with Gasteiger partial charge in [0.1, 0.15) is 0 Å². The zero-order chi connectivity index (χ0) is 12.0. The molecule has 0 aliphatic carbocycles. The van der Waals surface area contributed by atoms with Crippen LogP contribution in [0.5, 0.6) is 0 Å². The molecule has 1 N–H and O–H groups in total. The van der Waals surface area contributed by atoms with E-state index in [-0.39, 0.29) is 0 Å². The molecule has 0 radical (unpaired) electrons. The van der Waals surface area contributed by atoms with Crippen molar-refractivity contribution < 1.29 is 0 Å². The van der Waals surface area contributed by atoms with Crippen molar-refractivity contribution in [3.8, 4) is 0 Å². The number of hydrogen-bond donors (Lipinski definition) is 1. The van der Waals surface area contributed by atoms with Gasteiger partial charge in [-0.3, -0.25) is 0 Å². The van der Waals surface area contributed by atoms with E-state index in [9.17, 15) is 0 Å². The number of benzene rings is 1. The molecule has 16 heavy (non-hydrogen) atoms. The smallest absolute Gasteiger partial charge is 0.0631 e. The maximum Gasteiger partial charge on any atom is 0.0631 e. The number of nitrogens with one attached hydrogen (secondary N) is 1. The van der Waals surface area contributed by atoms with Crippen LogP contribution < -0.4 is 5.32 Å². The fraction of sp³-hybridized carbons (Fsp3) is 0.538. The fourth-order valence-electron chi connectivity index (χ4n) is 1.65. The molecule has 1 aromatic carbocycles. The quantitative estimate of drug-likeness (QED) is 0.660. The van der Waals surface area contributed by atoms with E-state index >= 15 is 0 Å². The molecule has 90 valence electrons. The molecule has 0 fully saturated rings. The van der Waals surface area contributed by atoms with Crippen LogP contribution in [-0.2, 0) is 0 Å². The molecule has 1 unspecified atom stereocenters. The van der Waals surface area contributed by atoms with Crippen molar-refractivity contribution in [1.29, 1.82) is 0 Å². The Morgan fingerprint density at radius 1 is 1.19 bits per heavy atom. The molecule has 0 aliphatic heterocycles. The van der Waals surface area contributed by atoms with Crippen LogP contribution in [0, 0.1) is 0 Å². The molecule has 3 heteroatoms. The van der Waals surface area contributed by atoms with Gasteiger partial charge in [-0.25, -0.2) is 0 Å². The standard InChI is InChI=1S/C13H19Br2N/c1-3-4-5-7-10(2)16-13-11(14)8-6-9-12(13)15/h6,8-10,16H,3-5,7H2,1-2H3. The molecular formula is C13H19Br2N. The highest BCUT2D eigenvalue weighted by molar-refractivity contribution is 9.11. The third-order valence-corrected chi connectivity index (χ3v) is 3.92. The minimum Gasteiger partial charge on any atom is -0.381 e. The first kappa shape index (κ1) is 14.0. The summed E-state index contributed by atoms with van der Waals surface area (Å²) in [7, 11) is 0. The van der Waals surface area contributed by atoms with Crippen LogP contribution in [0.3, 0.4) is 0 Å². The summed E-state index contributed by atoms with van der Waals surface area (Å²) in [4.78, 5) is 0. The van der Waals surface area contributed by atoms with E-state index in [1.165, 1.54) is 25.7 Å². The van der Waals surface area contributed by atoms with Crippen molar-refractivity contribution in [1.82, 2.24) is 0 Å². The highest BCUT2D eigenvalue weighted by atomic mass is 79.9. The van der Waals surface area contributed by atoms with Gasteiger partial charge in [0.05, 0.1) is 5.69 Å². The minimum absolute atomic E-state index is 0.515.